The molecule has 30 heavy (non-hydrogen) atoms. The van der Waals surface area contributed by atoms with Gasteiger partial charge >= 0.3 is 5.97 Å². The topological polar surface area (TPSA) is 131 Å². The summed E-state index contributed by atoms with van der Waals surface area (Å²) in [4.78, 5) is 31.8. The second-order valence-electron chi connectivity index (χ2n) is 6.25. The van der Waals surface area contributed by atoms with E-state index in [0.29, 0.717) is 41.9 Å². The zero-order valence-corrected chi connectivity index (χ0v) is 18.2. The molecule has 1 unspecified atom stereocenters. The Hall–Kier alpha value is -3.21. The summed E-state index contributed by atoms with van der Waals surface area (Å²) in [6.45, 7) is 6.73. The number of nitro benzene ring substituents is 1. The predicted molar refractivity (Wildman–Crippen MR) is 117 cm³/mol. The van der Waals surface area contributed by atoms with Crippen molar-refractivity contribution in [1.82, 2.24) is 15.6 Å². The van der Waals surface area contributed by atoms with Crippen LogP contribution < -0.4 is 16.0 Å². The Morgan fingerprint density at radius 1 is 1.37 bits per heavy atom. The number of para-hydroxylation sites is 2. The van der Waals surface area contributed by atoms with Crippen LogP contribution in [0.3, 0.4) is 0 Å². The Morgan fingerprint density at radius 3 is 2.77 bits per heavy atom. The van der Waals surface area contributed by atoms with Gasteiger partial charge in [-0.3, -0.25) is 15.1 Å². The number of rotatable bonds is 9. The van der Waals surface area contributed by atoms with Crippen LogP contribution in [0.25, 0.3) is 0 Å². The summed E-state index contributed by atoms with van der Waals surface area (Å²) in [6, 6.07) is 6.32. The van der Waals surface area contributed by atoms with Crippen molar-refractivity contribution >= 4 is 34.6 Å². The highest BCUT2D eigenvalue weighted by Crippen LogP contribution is 2.24. The number of nitrogens with zero attached hydrogens (tertiary/aromatic N) is 3. The molecule has 0 saturated carbocycles. The van der Waals surface area contributed by atoms with Crippen molar-refractivity contribution in [2.24, 2.45) is 4.99 Å². The van der Waals surface area contributed by atoms with Gasteiger partial charge in [0.25, 0.3) is 5.69 Å². The first-order chi connectivity index (χ1) is 14.4. The minimum Gasteiger partial charge on any atom is -0.462 e. The van der Waals surface area contributed by atoms with Gasteiger partial charge in [0.1, 0.15) is 15.6 Å². The molecule has 0 bridgehead atoms. The Bertz CT molecular complexity index is 914. The average Bonchev–Trinajstić information content (AvgIpc) is 3.12. The highest BCUT2D eigenvalue weighted by Gasteiger charge is 2.20. The SMILES string of the molecule is CCOC(=O)c1sc(C(C)NC(=NC)NCCNc2ccccc2[N+](=O)[O-])nc1C. The van der Waals surface area contributed by atoms with Gasteiger partial charge in [0.2, 0.25) is 0 Å². The summed E-state index contributed by atoms with van der Waals surface area (Å²) >= 11 is 1.29. The lowest BCUT2D eigenvalue weighted by Crippen LogP contribution is -2.40. The molecule has 0 aliphatic carbocycles. The molecule has 0 spiro atoms. The number of thiazole rings is 1. The van der Waals surface area contributed by atoms with Crippen molar-refractivity contribution < 1.29 is 14.5 Å². The molecule has 0 radical (unpaired) electrons. The molecule has 0 saturated heterocycles. The molecule has 11 heteroatoms. The molecule has 2 rings (SSSR count). The molecule has 3 N–H and O–H groups in total. The van der Waals surface area contributed by atoms with Gasteiger partial charge in [0.05, 0.1) is 23.3 Å². The molecule has 162 valence electrons. The molecular weight excluding hydrogens is 408 g/mol. The van der Waals surface area contributed by atoms with Crippen LogP contribution in [0.2, 0.25) is 0 Å². The van der Waals surface area contributed by atoms with Crippen LogP contribution in [0.15, 0.2) is 29.3 Å². The Morgan fingerprint density at radius 2 is 2.10 bits per heavy atom. The fourth-order valence-electron chi connectivity index (χ4n) is 2.61. The molecule has 1 heterocycles. The van der Waals surface area contributed by atoms with Gasteiger partial charge in [-0.2, -0.15) is 0 Å². The number of hydrogen-bond donors (Lipinski definition) is 3. The fraction of sp³-hybridized carbons (Fsp3) is 0.421. The first-order valence-electron chi connectivity index (χ1n) is 9.46. The van der Waals surface area contributed by atoms with E-state index in [1.165, 1.54) is 17.4 Å². The van der Waals surface area contributed by atoms with Crippen LogP contribution >= 0.6 is 11.3 Å². The number of benzene rings is 1. The third-order valence-corrected chi connectivity index (χ3v) is 5.38. The third-order valence-electron chi connectivity index (χ3n) is 4.05. The van der Waals surface area contributed by atoms with E-state index in [1.54, 1.807) is 39.1 Å². The number of hydrogen-bond acceptors (Lipinski definition) is 8. The molecule has 0 amide bonds. The van der Waals surface area contributed by atoms with Crippen LogP contribution in [-0.4, -0.2) is 48.6 Å². The molecular formula is C19H26N6O4S. The van der Waals surface area contributed by atoms with Crippen molar-refractivity contribution in [1.29, 1.82) is 0 Å². The monoisotopic (exact) mass is 434 g/mol. The van der Waals surface area contributed by atoms with Crippen molar-refractivity contribution in [3.8, 4) is 0 Å². The second kappa shape index (κ2) is 11.1. The van der Waals surface area contributed by atoms with Gasteiger partial charge in [-0.15, -0.1) is 11.3 Å². The zero-order chi connectivity index (χ0) is 22.1. The molecule has 2 aromatic rings. The molecule has 0 aliphatic rings. The van der Waals surface area contributed by atoms with Gasteiger partial charge in [0, 0.05) is 26.2 Å². The molecule has 1 aromatic carbocycles. The largest absolute Gasteiger partial charge is 0.462 e. The number of carbonyl (C=O) groups excluding carboxylic acids is 1. The minimum absolute atomic E-state index is 0.0326. The molecule has 1 aromatic heterocycles. The fourth-order valence-corrected chi connectivity index (χ4v) is 3.57. The van der Waals surface area contributed by atoms with E-state index in [0.717, 1.165) is 5.01 Å². The normalized spacial score (nSPS) is 12.2. The van der Waals surface area contributed by atoms with Crippen LogP contribution in [0, 0.1) is 17.0 Å². The zero-order valence-electron chi connectivity index (χ0n) is 17.4. The van der Waals surface area contributed by atoms with Crippen molar-refractivity contribution in [3.63, 3.8) is 0 Å². The summed E-state index contributed by atoms with van der Waals surface area (Å²) in [5.74, 6) is 0.187. The number of guanidine groups is 1. The van der Waals surface area contributed by atoms with E-state index in [1.807, 2.05) is 6.92 Å². The number of anilines is 1. The molecule has 10 nitrogen and oxygen atoms in total. The van der Waals surface area contributed by atoms with Crippen molar-refractivity contribution in [3.05, 3.63) is 50.0 Å². The van der Waals surface area contributed by atoms with Gasteiger partial charge in [-0.1, -0.05) is 12.1 Å². The lowest BCUT2D eigenvalue weighted by molar-refractivity contribution is -0.384. The molecule has 0 fully saturated rings. The standard InChI is InChI=1S/C19H26N6O4S/c1-5-29-18(26)16-12(2)23-17(30-16)13(3)24-19(20-4)22-11-10-21-14-8-6-7-9-15(14)25(27)28/h6-9,13,21H,5,10-11H2,1-4H3,(H2,20,22,24). The lowest BCUT2D eigenvalue weighted by Gasteiger charge is -2.16. The van der Waals surface area contributed by atoms with E-state index >= 15 is 0 Å². The number of nitrogens with one attached hydrogen (secondary N) is 3. The lowest BCUT2D eigenvalue weighted by atomic mass is 10.2. The number of ether oxygens (including phenoxy) is 1. The number of aromatic nitrogens is 1. The van der Waals surface area contributed by atoms with Gasteiger partial charge in [0.15, 0.2) is 5.96 Å². The van der Waals surface area contributed by atoms with E-state index < -0.39 is 4.92 Å². The number of carbonyl (C=O) groups is 1. The van der Waals surface area contributed by atoms with Gasteiger partial charge in [-0.25, -0.2) is 9.78 Å². The number of aliphatic imine (C=N–C) groups is 1. The summed E-state index contributed by atoms with van der Waals surface area (Å²) in [6.07, 6.45) is 0. The van der Waals surface area contributed by atoms with Gasteiger partial charge in [-0.05, 0) is 26.8 Å². The average molecular weight is 435 g/mol. The third kappa shape index (κ3) is 6.14. The number of aryl methyl sites for hydroxylation is 1. The highest BCUT2D eigenvalue weighted by atomic mass is 32.1. The van der Waals surface area contributed by atoms with Crippen LogP contribution in [0.4, 0.5) is 11.4 Å². The summed E-state index contributed by atoms with van der Waals surface area (Å²) in [5.41, 5.74) is 1.13. The maximum Gasteiger partial charge on any atom is 0.350 e. The first-order valence-corrected chi connectivity index (χ1v) is 10.3. The second-order valence-corrected chi connectivity index (χ2v) is 7.28. The van der Waals surface area contributed by atoms with Crippen molar-refractivity contribution in [2.75, 3.05) is 32.1 Å². The maximum atomic E-state index is 12.0. The Kier molecular flexibility index (Phi) is 8.54. The predicted octanol–water partition coefficient (Wildman–Crippen LogP) is 2.87. The highest BCUT2D eigenvalue weighted by molar-refractivity contribution is 7.13. The van der Waals surface area contributed by atoms with E-state index in [4.69, 9.17) is 4.74 Å². The van der Waals surface area contributed by atoms with Crippen LogP contribution in [0.5, 0.6) is 0 Å². The van der Waals surface area contributed by atoms with Crippen molar-refractivity contribution in [2.45, 2.75) is 26.8 Å². The molecule has 0 aliphatic heterocycles. The van der Waals surface area contributed by atoms with E-state index in [-0.39, 0.29) is 17.7 Å². The minimum atomic E-state index is -0.418. The number of esters is 1. The summed E-state index contributed by atoms with van der Waals surface area (Å²) < 4.78 is 5.06. The smallest absolute Gasteiger partial charge is 0.350 e. The Labute approximate surface area is 178 Å². The summed E-state index contributed by atoms with van der Waals surface area (Å²) in [5, 5.41) is 21.2. The van der Waals surface area contributed by atoms with Crippen LogP contribution in [0.1, 0.15) is 40.3 Å². The quantitative estimate of drug-likeness (QED) is 0.137. The maximum absolute atomic E-state index is 12.0. The first kappa shape index (κ1) is 23.1. The number of nitro groups is 1. The Balaban J connectivity index is 1.88. The van der Waals surface area contributed by atoms with Gasteiger partial charge < -0.3 is 20.7 Å². The van der Waals surface area contributed by atoms with E-state index in [2.05, 4.69) is 25.9 Å². The summed E-state index contributed by atoms with van der Waals surface area (Å²) in [7, 11) is 1.65. The van der Waals surface area contributed by atoms with E-state index in [9.17, 15) is 14.9 Å². The molecule has 1 atom stereocenters. The van der Waals surface area contributed by atoms with Crippen LogP contribution in [-0.2, 0) is 4.74 Å².